The first-order valence-electron chi connectivity index (χ1n) is 7.72. The monoisotopic (exact) mass is 370 g/mol. The fourth-order valence-electron chi connectivity index (χ4n) is 2.80. The highest BCUT2D eigenvalue weighted by atomic mass is 32.1. The fraction of sp³-hybridized carbons (Fsp3) is 0.235. The zero-order chi connectivity index (χ0) is 18.8. The largest absolute Gasteiger partial charge is 0.478 e. The molecule has 2 N–H and O–H groups in total. The molecule has 3 rings (SSSR count). The Kier molecular flexibility index (Phi) is 4.69. The second-order valence-corrected chi connectivity index (χ2v) is 6.77. The molecule has 1 aliphatic heterocycles. The summed E-state index contributed by atoms with van der Waals surface area (Å²) in [6, 6.07) is 4.82. The van der Waals surface area contributed by atoms with Gasteiger partial charge in [0.2, 0.25) is 5.91 Å². The smallest absolute Gasteiger partial charge is 0.338 e. The SMILES string of the molecule is CC(=O)N1CCc2c(sc(NC(=O)c3ncccc3C(=O)O)c2C#N)C1. The van der Waals surface area contributed by atoms with Crippen LogP contribution in [0.15, 0.2) is 18.3 Å². The molecule has 2 aromatic heterocycles. The second-order valence-electron chi connectivity index (χ2n) is 5.67. The van der Waals surface area contributed by atoms with E-state index in [0.29, 0.717) is 30.1 Å². The van der Waals surface area contributed by atoms with Gasteiger partial charge in [0.25, 0.3) is 5.91 Å². The molecule has 1 aliphatic rings. The van der Waals surface area contributed by atoms with Gasteiger partial charge in [-0.25, -0.2) is 4.79 Å². The molecule has 0 atom stereocenters. The van der Waals surface area contributed by atoms with Crippen molar-refractivity contribution in [1.82, 2.24) is 9.88 Å². The Balaban J connectivity index is 1.92. The number of nitrogens with one attached hydrogen (secondary N) is 1. The first kappa shape index (κ1) is 17.6. The number of nitriles is 1. The number of thiophene rings is 1. The van der Waals surface area contributed by atoms with Gasteiger partial charge in [0, 0.05) is 24.5 Å². The van der Waals surface area contributed by atoms with E-state index < -0.39 is 11.9 Å². The fourth-order valence-corrected chi connectivity index (χ4v) is 4.01. The summed E-state index contributed by atoms with van der Waals surface area (Å²) in [5.41, 5.74) is 0.743. The lowest BCUT2D eigenvalue weighted by atomic mass is 10.0. The average Bonchev–Trinajstić information content (AvgIpc) is 2.97. The molecule has 132 valence electrons. The number of pyridine rings is 1. The summed E-state index contributed by atoms with van der Waals surface area (Å²) in [6.45, 7) is 2.40. The molecule has 0 bridgehead atoms. The van der Waals surface area contributed by atoms with Gasteiger partial charge in [0.05, 0.1) is 17.7 Å². The zero-order valence-electron chi connectivity index (χ0n) is 13.8. The van der Waals surface area contributed by atoms with E-state index in [1.807, 2.05) is 0 Å². The lowest BCUT2D eigenvalue weighted by Gasteiger charge is -2.25. The van der Waals surface area contributed by atoms with Crippen molar-refractivity contribution in [1.29, 1.82) is 5.26 Å². The molecule has 9 heteroatoms. The van der Waals surface area contributed by atoms with Gasteiger partial charge in [-0.1, -0.05) is 0 Å². The van der Waals surface area contributed by atoms with Crippen molar-refractivity contribution in [3.8, 4) is 6.07 Å². The van der Waals surface area contributed by atoms with Gasteiger partial charge in [-0.15, -0.1) is 11.3 Å². The minimum absolute atomic E-state index is 0.0484. The number of nitrogens with zero attached hydrogens (tertiary/aromatic N) is 3. The predicted octanol–water partition coefficient (Wildman–Crippen LogP) is 1.87. The molecular weight excluding hydrogens is 356 g/mol. The summed E-state index contributed by atoms with van der Waals surface area (Å²) >= 11 is 1.22. The maximum Gasteiger partial charge on any atom is 0.338 e. The lowest BCUT2D eigenvalue weighted by Crippen LogP contribution is -2.33. The predicted molar refractivity (Wildman–Crippen MR) is 93.0 cm³/mol. The molecule has 8 nitrogen and oxygen atoms in total. The van der Waals surface area contributed by atoms with E-state index in [1.54, 1.807) is 4.90 Å². The number of hydrogen-bond donors (Lipinski definition) is 2. The van der Waals surface area contributed by atoms with Gasteiger partial charge in [-0.3, -0.25) is 14.6 Å². The number of aromatic nitrogens is 1. The van der Waals surface area contributed by atoms with Crippen LogP contribution in [0.1, 0.15) is 43.8 Å². The number of amides is 2. The van der Waals surface area contributed by atoms with Crippen molar-refractivity contribution >= 4 is 34.1 Å². The highest BCUT2D eigenvalue weighted by Gasteiger charge is 2.27. The Bertz CT molecular complexity index is 960. The van der Waals surface area contributed by atoms with E-state index in [0.717, 1.165) is 10.4 Å². The van der Waals surface area contributed by atoms with Crippen molar-refractivity contribution < 1.29 is 19.5 Å². The van der Waals surface area contributed by atoms with E-state index in [9.17, 15) is 24.8 Å². The molecule has 2 aromatic rings. The number of carbonyl (C=O) groups excluding carboxylic acids is 2. The van der Waals surface area contributed by atoms with Crippen LogP contribution in [0.25, 0.3) is 0 Å². The minimum atomic E-state index is -1.26. The maximum absolute atomic E-state index is 12.5. The van der Waals surface area contributed by atoms with E-state index >= 15 is 0 Å². The quantitative estimate of drug-likeness (QED) is 0.850. The number of carboxylic acids is 1. The number of anilines is 1. The number of carboxylic acid groups (broad SMARTS) is 1. The second kappa shape index (κ2) is 6.93. The number of rotatable bonds is 3. The Morgan fingerprint density at radius 3 is 2.85 bits per heavy atom. The third-order valence-corrected chi connectivity index (χ3v) is 5.23. The standard InChI is InChI=1S/C17H14N4O4S/c1-9(22)21-6-4-10-12(7-18)16(26-13(10)8-21)20-15(23)14-11(17(24)25)3-2-5-19-14/h2-3,5H,4,6,8H2,1H3,(H,20,23)(H,24,25). The van der Waals surface area contributed by atoms with Crippen molar-refractivity contribution in [2.24, 2.45) is 0 Å². The molecule has 0 unspecified atom stereocenters. The van der Waals surface area contributed by atoms with E-state index in [2.05, 4.69) is 16.4 Å². The van der Waals surface area contributed by atoms with E-state index in [1.165, 1.54) is 36.6 Å². The first-order chi connectivity index (χ1) is 12.4. The highest BCUT2D eigenvalue weighted by molar-refractivity contribution is 7.16. The van der Waals surface area contributed by atoms with Crippen LogP contribution in [-0.2, 0) is 17.8 Å². The van der Waals surface area contributed by atoms with Gasteiger partial charge >= 0.3 is 5.97 Å². The molecule has 26 heavy (non-hydrogen) atoms. The summed E-state index contributed by atoms with van der Waals surface area (Å²) in [5.74, 6) is -2.00. The molecule has 0 spiro atoms. The topological polar surface area (TPSA) is 123 Å². The lowest BCUT2D eigenvalue weighted by molar-refractivity contribution is -0.129. The Hall–Kier alpha value is -3.25. The van der Waals surface area contributed by atoms with Gasteiger partial charge in [0.1, 0.15) is 16.8 Å². The van der Waals surface area contributed by atoms with Crippen LogP contribution < -0.4 is 5.32 Å². The van der Waals surface area contributed by atoms with Crippen LogP contribution >= 0.6 is 11.3 Å². The van der Waals surface area contributed by atoms with Crippen molar-refractivity contribution in [3.63, 3.8) is 0 Å². The third-order valence-electron chi connectivity index (χ3n) is 4.09. The normalized spacial score (nSPS) is 12.8. The number of aromatic carboxylic acids is 1. The molecule has 0 radical (unpaired) electrons. The zero-order valence-corrected chi connectivity index (χ0v) is 14.6. The van der Waals surface area contributed by atoms with Crippen LogP contribution in [0.4, 0.5) is 5.00 Å². The molecule has 3 heterocycles. The summed E-state index contributed by atoms with van der Waals surface area (Å²) in [5, 5.41) is 21.6. The summed E-state index contributed by atoms with van der Waals surface area (Å²) in [6.07, 6.45) is 1.87. The van der Waals surface area contributed by atoms with Crippen molar-refractivity contribution in [3.05, 3.63) is 45.6 Å². The Labute approximate surface area is 152 Å². The van der Waals surface area contributed by atoms with Crippen molar-refractivity contribution in [2.75, 3.05) is 11.9 Å². The van der Waals surface area contributed by atoms with Crippen molar-refractivity contribution in [2.45, 2.75) is 19.9 Å². The van der Waals surface area contributed by atoms with Crippen LogP contribution in [0.3, 0.4) is 0 Å². The van der Waals surface area contributed by atoms with Crippen LogP contribution in [0.2, 0.25) is 0 Å². The molecule has 0 fully saturated rings. The Morgan fingerprint density at radius 2 is 2.19 bits per heavy atom. The van der Waals surface area contributed by atoms with Gasteiger partial charge in [-0.05, 0) is 24.1 Å². The average molecular weight is 370 g/mol. The molecule has 0 saturated carbocycles. The summed E-state index contributed by atoms with van der Waals surface area (Å²) in [4.78, 5) is 41.7. The highest BCUT2D eigenvalue weighted by Crippen LogP contribution is 2.36. The minimum Gasteiger partial charge on any atom is -0.478 e. The number of hydrogen-bond acceptors (Lipinski definition) is 6. The summed E-state index contributed by atoms with van der Waals surface area (Å²) < 4.78 is 0. The molecule has 0 saturated heterocycles. The molecule has 0 aliphatic carbocycles. The molecule has 2 amide bonds. The molecule has 0 aromatic carbocycles. The maximum atomic E-state index is 12.5. The number of fused-ring (bicyclic) bond motifs is 1. The Morgan fingerprint density at radius 1 is 1.42 bits per heavy atom. The molecular formula is C17H14N4O4S. The first-order valence-corrected chi connectivity index (χ1v) is 8.53. The van der Waals surface area contributed by atoms with Crippen LogP contribution in [-0.4, -0.2) is 39.3 Å². The summed E-state index contributed by atoms with van der Waals surface area (Å²) in [7, 11) is 0. The number of carbonyl (C=O) groups is 3. The van der Waals surface area contributed by atoms with Gasteiger partial charge in [-0.2, -0.15) is 5.26 Å². The van der Waals surface area contributed by atoms with E-state index in [4.69, 9.17) is 0 Å². The van der Waals surface area contributed by atoms with Gasteiger partial charge < -0.3 is 15.3 Å². The van der Waals surface area contributed by atoms with E-state index in [-0.39, 0.29) is 17.2 Å². The van der Waals surface area contributed by atoms with Crippen LogP contribution in [0.5, 0.6) is 0 Å². The third kappa shape index (κ3) is 3.14. The van der Waals surface area contributed by atoms with Gasteiger partial charge in [0.15, 0.2) is 0 Å². The van der Waals surface area contributed by atoms with Crippen LogP contribution in [0, 0.1) is 11.3 Å².